The van der Waals surface area contributed by atoms with E-state index in [2.05, 4.69) is 33.9 Å². The van der Waals surface area contributed by atoms with Crippen molar-refractivity contribution in [3.63, 3.8) is 0 Å². The molecule has 0 unspecified atom stereocenters. The number of rotatable bonds is 5. The monoisotopic (exact) mass is 296 g/mol. The first-order chi connectivity index (χ1) is 9.16. The molecule has 4 nitrogen and oxygen atoms in total. The predicted molar refractivity (Wildman–Crippen MR) is 82.8 cm³/mol. The van der Waals surface area contributed by atoms with E-state index in [1.165, 1.54) is 0 Å². The highest BCUT2D eigenvalue weighted by Crippen LogP contribution is 2.42. The number of aldehydes is 1. The van der Waals surface area contributed by atoms with Gasteiger partial charge in [0, 0.05) is 6.07 Å². The Morgan fingerprint density at radius 3 is 2.10 bits per heavy atom. The lowest BCUT2D eigenvalue weighted by molar-refractivity contribution is 0.112. The van der Waals surface area contributed by atoms with Gasteiger partial charge in [-0.2, -0.15) is 0 Å². The molecule has 0 aliphatic rings. The van der Waals surface area contributed by atoms with Crippen LogP contribution in [0.5, 0.6) is 17.2 Å². The summed E-state index contributed by atoms with van der Waals surface area (Å²) in [6.07, 6.45) is 0.771. The average Bonchev–Trinajstić information content (AvgIpc) is 2.37. The fraction of sp³-hybridized carbons (Fsp3) is 0.533. The topological polar surface area (TPSA) is 44.8 Å². The second kappa shape index (κ2) is 5.87. The maximum Gasteiger partial charge on any atom is 0.250 e. The number of benzene rings is 1. The van der Waals surface area contributed by atoms with Crippen LogP contribution in [0.4, 0.5) is 0 Å². The van der Waals surface area contributed by atoms with E-state index in [-0.39, 0.29) is 5.04 Å². The molecule has 0 N–H and O–H groups in total. The number of hydrogen-bond acceptors (Lipinski definition) is 4. The highest BCUT2D eigenvalue weighted by molar-refractivity contribution is 6.74. The molecule has 0 saturated heterocycles. The van der Waals surface area contributed by atoms with Crippen LogP contribution in [0.1, 0.15) is 31.1 Å². The van der Waals surface area contributed by atoms with Crippen molar-refractivity contribution in [3.05, 3.63) is 17.7 Å². The Morgan fingerprint density at radius 1 is 1.10 bits per heavy atom. The van der Waals surface area contributed by atoms with Crippen LogP contribution in [-0.2, 0) is 0 Å². The van der Waals surface area contributed by atoms with Crippen molar-refractivity contribution in [1.82, 2.24) is 0 Å². The minimum absolute atomic E-state index is 0.0398. The van der Waals surface area contributed by atoms with Gasteiger partial charge in [-0.15, -0.1) is 0 Å². The summed E-state index contributed by atoms with van der Waals surface area (Å²) in [6.45, 7) is 10.7. The maximum atomic E-state index is 11.3. The van der Waals surface area contributed by atoms with Crippen LogP contribution in [0.25, 0.3) is 0 Å². The molecule has 1 aromatic carbocycles. The van der Waals surface area contributed by atoms with Crippen molar-refractivity contribution < 1.29 is 18.7 Å². The summed E-state index contributed by atoms with van der Waals surface area (Å²) >= 11 is 0. The summed E-state index contributed by atoms with van der Waals surface area (Å²) in [5, 5.41) is 0.0398. The summed E-state index contributed by atoms with van der Waals surface area (Å²) in [6, 6.07) is 3.40. The standard InChI is InChI=1S/C15H24O4Si/c1-15(2,3)20(6,7)19-14-11(10-16)8-12(17-4)9-13(14)18-5/h8-10H,1-7H3. The second-order valence-corrected chi connectivity index (χ2v) is 11.0. The number of ether oxygens (including phenoxy) is 2. The third kappa shape index (κ3) is 3.33. The van der Waals surface area contributed by atoms with Crippen LogP contribution in [0, 0.1) is 0 Å². The van der Waals surface area contributed by atoms with Crippen molar-refractivity contribution in [2.24, 2.45) is 0 Å². The van der Waals surface area contributed by atoms with Gasteiger partial charge < -0.3 is 13.9 Å². The molecule has 0 spiro atoms. The first-order valence-electron chi connectivity index (χ1n) is 6.56. The van der Waals surface area contributed by atoms with Crippen molar-refractivity contribution in [1.29, 1.82) is 0 Å². The minimum Gasteiger partial charge on any atom is -0.541 e. The van der Waals surface area contributed by atoms with Gasteiger partial charge in [0.1, 0.15) is 5.75 Å². The predicted octanol–water partition coefficient (Wildman–Crippen LogP) is 3.90. The van der Waals surface area contributed by atoms with Crippen LogP contribution >= 0.6 is 0 Å². The molecule has 0 aliphatic heterocycles. The lowest BCUT2D eigenvalue weighted by Gasteiger charge is -2.37. The molecule has 0 amide bonds. The summed E-state index contributed by atoms with van der Waals surface area (Å²) in [7, 11) is 1.06. The minimum atomic E-state index is -2.05. The molecular weight excluding hydrogens is 272 g/mol. The van der Waals surface area contributed by atoms with Gasteiger partial charge in [0.15, 0.2) is 17.8 Å². The molecule has 5 heteroatoms. The number of carbonyl (C=O) groups excluding carboxylic acids is 1. The maximum absolute atomic E-state index is 11.3. The van der Waals surface area contributed by atoms with E-state index in [0.717, 1.165) is 6.29 Å². The van der Waals surface area contributed by atoms with Gasteiger partial charge in [-0.3, -0.25) is 4.79 Å². The molecule has 0 aliphatic carbocycles. The molecule has 0 bridgehead atoms. The first kappa shape index (κ1) is 16.6. The lowest BCUT2D eigenvalue weighted by Crippen LogP contribution is -2.44. The van der Waals surface area contributed by atoms with E-state index in [4.69, 9.17) is 13.9 Å². The van der Waals surface area contributed by atoms with Crippen LogP contribution in [0.15, 0.2) is 12.1 Å². The highest BCUT2D eigenvalue weighted by atomic mass is 28.4. The van der Waals surface area contributed by atoms with Crippen molar-refractivity contribution in [2.75, 3.05) is 14.2 Å². The van der Waals surface area contributed by atoms with Crippen LogP contribution < -0.4 is 13.9 Å². The van der Waals surface area contributed by atoms with Gasteiger partial charge in [-0.05, 0) is 24.2 Å². The summed E-state index contributed by atoms with van der Waals surface area (Å²) in [5.41, 5.74) is 0.450. The molecule has 1 rings (SSSR count). The van der Waals surface area contributed by atoms with Crippen LogP contribution in [-0.4, -0.2) is 28.8 Å². The SMILES string of the molecule is COc1cc(C=O)c(O[Si](C)(C)C(C)(C)C)c(OC)c1. The molecule has 20 heavy (non-hydrogen) atoms. The van der Waals surface area contributed by atoms with E-state index in [1.54, 1.807) is 26.4 Å². The Bertz CT molecular complexity index is 489. The fourth-order valence-corrected chi connectivity index (χ4v) is 2.51. The van der Waals surface area contributed by atoms with E-state index in [0.29, 0.717) is 22.8 Å². The smallest absolute Gasteiger partial charge is 0.250 e. The second-order valence-electron chi connectivity index (χ2n) is 6.23. The molecule has 0 atom stereocenters. The Hall–Kier alpha value is -1.49. The van der Waals surface area contributed by atoms with Gasteiger partial charge in [0.2, 0.25) is 0 Å². The van der Waals surface area contributed by atoms with Gasteiger partial charge in [-0.1, -0.05) is 20.8 Å². The molecule has 112 valence electrons. The molecule has 0 saturated carbocycles. The number of carbonyl (C=O) groups is 1. The molecule has 0 aromatic heterocycles. The summed E-state index contributed by atoms with van der Waals surface area (Å²) in [5.74, 6) is 1.61. The summed E-state index contributed by atoms with van der Waals surface area (Å²) < 4.78 is 16.8. The molecule has 0 radical (unpaired) electrons. The lowest BCUT2D eigenvalue weighted by atomic mass is 10.2. The number of hydrogen-bond donors (Lipinski definition) is 0. The van der Waals surface area contributed by atoms with E-state index < -0.39 is 8.32 Å². The third-order valence-electron chi connectivity index (χ3n) is 3.80. The van der Waals surface area contributed by atoms with Gasteiger partial charge in [0.25, 0.3) is 8.32 Å². The van der Waals surface area contributed by atoms with Crippen molar-refractivity contribution in [3.8, 4) is 17.2 Å². The molecule has 0 heterocycles. The van der Waals surface area contributed by atoms with Crippen LogP contribution in [0.2, 0.25) is 18.1 Å². The molecular formula is C15H24O4Si. The average molecular weight is 296 g/mol. The molecule has 0 fully saturated rings. The van der Waals surface area contributed by atoms with E-state index >= 15 is 0 Å². The Balaban J connectivity index is 3.33. The van der Waals surface area contributed by atoms with Crippen molar-refractivity contribution >= 4 is 14.6 Å². The zero-order chi connectivity index (χ0) is 15.6. The Morgan fingerprint density at radius 2 is 1.70 bits per heavy atom. The molecule has 1 aromatic rings. The normalized spacial score (nSPS) is 11.9. The first-order valence-corrected chi connectivity index (χ1v) is 9.47. The third-order valence-corrected chi connectivity index (χ3v) is 8.13. The number of methoxy groups -OCH3 is 2. The van der Waals surface area contributed by atoms with Crippen LogP contribution in [0.3, 0.4) is 0 Å². The quantitative estimate of drug-likeness (QED) is 0.610. The zero-order valence-corrected chi connectivity index (χ0v) is 14.4. The van der Waals surface area contributed by atoms with Crippen molar-refractivity contribution in [2.45, 2.75) is 38.9 Å². The Labute approximate surface area is 122 Å². The van der Waals surface area contributed by atoms with Gasteiger partial charge in [-0.25, -0.2) is 0 Å². The Kier molecular flexibility index (Phi) is 4.86. The van der Waals surface area contributed by atoms with E-state index in [1.807, 2.05) is 0 Å². The highest BCUT2D eigenvalue weighted by Gasteiger charge is 2.40. The van der Waals surface area contributed by atoms with Gasteiger partial charge >= 0.3 is 0 Å². The fourth-order valence-electron chi connectivity index (χ4n) is 1.47. The summed E-state index contributed by atoms with van der Waals surface area (Å²) in [4.78, 5) is 11.3. The van der Waals surface area contributed by atoms with Gasteiger partial charge in [0.05, 0.1) is 19.8 Å². The zero-order valence-electron chi connectivity index (χ0n) is 13.4. The largest absolute Gasteiger partial charge is 0.541 e. The van der Waals surface area contributed by atoms with E-state index in [9.17, 15) is 4.79 Å².